The number of carbonyl (C=O) groups excluding carboxylic acids is 1. The van der Waals surface area contributed by atoms with Crippen LogP contribution in [-0.4, -0.2) is 39.3 Å². The van der Waals surface area contributed by atoms with E-state index in [0.29, 0.717) is 23.8 Å². The second-order valence-electron chi connectivity index (χ2n) is 7.03. The maximum Gasteiger partial charge on any atom is 0.251 e. The lowest BCUT2D eigenvalue weighted by molar-refractivity contribution is 0.0954. The van der Waals surface area contributed by atoms with Crippen LogP contribution in [-0.2, 0) is 6.42 Å². The summed E-state index contributed by atoms with van der Waals surface area (Å²) < 4.78 is 6.99. The largest absolute Gasteiger partial charge is 0.497 e. The molecule has 0 fully saturated rings. The first-order valence-electron chi connectivity index (χ1n) is 9.99. The van der Waals surface area contributed by atoms with Crippen LogP contribution < -0.4 is 10.1 Å². The Morgan fingerprint density at radius 1 is 1.06 bits per heavy atom. The van der Waals surface area contributed by atoms with Crippen molar-refractivity contribution in [3.05, 3.63) is 90.0 Å². The van der Waals surface area contributed by atoms with E-state index in [1.807, 2.05) is 61.5 Å². The third kappa shape index (κ3) is 4.78. The molecule has 0 aliphatic rings. The summed E-state index contributed by atoms with van der Waals surface area (Å²) in [4.78, 5) is 21.2. The summed E-state index contributed by atoms with van der Waals surface area (Å²) in [5, 5.41) is 7.51. The number of carbonyl (C=O) groups is 1. The third-order valence-electron chi connectivity index (χ3n) is 4.86. The van der Waals surface area contributed by atoms with E-state index in [1.54, 1.807) is 30.3 Å². The van der Waals surface area contributed by atoms with Crippen molar-refractivity contribution in [1.29, 1.82) is 0 Å². The molecular formula is C24H23N5O2. The highest BCUT2D eigenvalue weighted by Gasteiger charge is 2.14. The number of amides is 1. The van der Waals surface area contributed by atoms with E-state index in [1.165, 1.54) is 0 Å². The van der Waals surface area contributed by atoms with Gasteiger partial charge in [-0.2, -0.15) is 5.10 Å². The summed E-state index contributed by atoms with van der Waals surface area (Å²) in [6, 6.07) is 18.9. The molecule has 0 unspecified atom stereocenters. The summed E-state index contributed by atoms with van der Waals surface area (Å²) in [6.45, 7) is 2.39. The van der Waals surface area contributed by atoms with Crippen molar-refractivity contribution in [2.24, 2.45) is 0 Å². The molecule has 4 rings (SSSR count). The van der Waals surface area contributed by atoms with E-state index in [-0.39, 0.29) is 5.91 Å². The lowest BCUT2D eigenvalue weighted by Gasteiger charge is -2.09. The lowest BCUT2D eigenvalue weighted by Crippen LogP contribution is -2.25. The predicted octanol–water partition coefficient (Wildman–Crippen LogP) is 3.62. The Morgan fingerprint density at radius 3 is 2.58 bits per heavy atom. The van der Waals surface area contributed by atoms with Gasteiger partial charge in [-0.25, -0.2) is 9.67 Å². The van der Waals surface area contributed by atoms with Gasteiger partial charge in [-0.15, -0.1) is 0 Å². The first-order valence-corrected chi connectivity index (χ1v) is 9.99. The highest BCUT2D eigenvalue weighted by Crippen LogP contribution is 2.24. The maximum atomic E-state index is 12.7. The molecule has 1 N–H and O–H groups in total. The van der Waals surface area contributed by atoms with Crippen LogP contribution in [0.15, 0.2) is 73.1 Å². The molecule has 2 aromatic carbocycles. The summed E-state index contributed by atoms with van der Waals surface area (Å²) in [6.07, 6.45) is 4.25. The summed E-state index contributed by atoms with van der Waals surface area (Å²) in [5.74, 6) is 2.00. The zero-order valence-corrected chi connectivity index (χ0v) is 17.4. The van der Waals surface area contributed by atoms with E-state index in [9.17, 15) is 4.79 Å². The number of nitrogens with zero attached hydrogens (tertiary/aromatic N) is 4. The van der Waals surface area contributed by atoms with E-state index in [4.69, 9.17) is 4.74 Å². The Hall–Kier alpha value is -4.00. The van der Waals surface area contributed by atoms with Gasteiger partial charge in [0.2, 0.25) is 0 Å². The van der Waals surface area contributed by atoms with E-state index in [0.717, 1.165) is 29.0 Å². The Labute approximate surface area is 180 Å². The van der Waals surface area contributed by atoms with Crippen molar-refractivity contribution in [3.8, 4) is 22.8 Å². The van der Waals surface area contributed by atoms with Crippen molar-refractivity contribution >= 4 is 5.91 Å². The number of pyridine rings is 1. The number of hydrogen-bond donors (Lipinski definition) is 1. The predicted molar refractivity (Wildman–Crippen MR) is 118 cm³/mol. The van der Waals surface area contributed by atoms with Crippen LogP contribution in [0, 0.1) is 6.92 Å². The fourth-order valence-electron chi connectivity index (χ4n) is 3.27. The van der Waals surface area contributed by atoms with E-state index >= 15 is 0 Å². The van der Waals surface area contributed by atoms with Crippen molar-refractivity contribution in [3.63, 3.8) is 0 Å². The Kier molecular flexibility index (Phi) is 6.03. The number of rotatable bonds is 7. The minimum absolute atomic E-state index is 0.126. The smallest absolute Gasteiger partial charge is 0.251 e. The minimum Gasteiger partial charge on any atom is -0.497 e. The molecule has 0 bridgehead atoms. The SMILES string of the molecule is COc1ccc(-c2nc(C)nn2-c2cccc(C(=O)NCCc3ccncc3)c2)cc1. The number of ether oxygens (including phenoxy) is 1. The molecule has 0 aliphatic carbocycles. The van der Waals surface area contributed by atoms with Gasteiger partial charge in [-0.1, -0.05) is 6.07 Å². The van der Waals surface area contributed by atoms with Crippen LogP contribution in [0.5, 0.6) is 5.75 Å². The summed E-state index contributed by atoms with van der Waals surface area (Å²) in [5.41, 5.74) is 3.38. The van der Waals surface area contributed by atoms with Crippen LogP contribution in [0.25, 0.3) is 17.1 Å². The second-order valence-corrected chi connectivity index (χ2v) is 7.03. The molecule has 7 nitrogen and oxygen atoms in total. The molecule has 2 aromatic heterocycles. The van der Waals surface area contributed by atoms with E-state index < -0.39 is 0 Å². The molecular weight excluding hydrogens is 390 g/mol. The van der Waals surface area contributed by atoms with Gasteiger partial charge in [0.25, 0.3) is 5.91 Å². The fourth-order valence-corrected chi connectivity index (χ4v) is 3.27. The number of aryl methyl sites for hydroxylation is 1. The maximum absolute atomic E-state index is 12.7. The van der Waals surface area contributed by atoms with Gasteiger partial charge in [0, 0.05) is 30.1 Å². The Morgan fingerprint density at radius 2 is 1.84 bits per heavy atom. The molecule has 1 amide bonds. The van der Waals surface area contributed by atoms with Crippen molar-refractivity contribution in [1.82, 2.24) is 25.1 Å². The minimum atomic E-state index is -0.126. The molecule has 0 aliphatic heterocycles. The second kappa shape index (κ2) is 9.21. The first-order chi connectivity index (χ1) is 15.1. The molecule has 0 atom stereocenters. The van der Waals surface area contributed by atoms with Gasteiger partial charge < -0.3 is 10.1 Å². The van der Waals surface area contributed by atoms with Gasteiger partial charge in [-0.3, -0.25) is 9.78 Å². The average Bonchev–Trinajstić information content (AvgIpc) is 3.21. The lowest BCUT2D eigenvalue weighted by atomic mass is 10.1. The average molecular weight is 413 g/mol. The third-order valence-corrected chi connectivity index (χ3v) is 4.86. The van der Waals surface area contributed by atoms with Crippen molar-refractivity contribution in [2.45, 2.75) is 13.3 Å². The van der Waals surface area contributed by atoms with Crippen LogP contribution in [0.3, 0.4) is 0 Å². The summed E-state index contributed by atoms with van der Waals surface area (Å²) >= 11 is 0. The highest BCUT2D eigenvalue weighted by atomic mass is 16.5. The topological polar surface area (TPSA) is 81.9 Å². The van der Waals surface area contributed by atoms with Crippen LogP contribution in [0.1, 0.15) is 21.7 Å². The molecule has 0 spiro atoms. The number of aromatic nitrogens is 4. The van der Waals surface area contributed by atoms with Gasteiger partial charge in [0.15, 0.2) is 5.82 Å². The van der Waals surface area contributed by atoms with Crippen LogP contribution in [0.2, 0.25) is 0 Å². The van der Waals surface area contributed by atoms with Gasteiger partial charge >= 0.3 is 0 Å². The highest BCUT2D eigenvalue weighted by molar-refractivity contribution is 5.94. The van der Waals surface area contributed by atoms with Crippen molar-refractivity contribution in [2.75, 3.05) is 13.7 Å². The van der Waals surface area contributed by atoms with Crippen molar-refractivity contribution < 1.29 is 9.53 Å². The number of benzene rings is 2. The normalized spacial score (nSPS) is 10.6. The zero-order chi connectivity index (χ0) is 21.6. The molecule has 7 heteroatoms. The molecule has 0 saturated carbocycles. The molecule has 2 heterocycles. The zero-order valence-electron chi connectivity index (χ0n) is 17.4. The Balaban J connectivity index is 1.53. The molecule has 0 saturated heterocycles. The van der Waals surface area contributed by atoms with Crippen LogP contribution >= 0.6 is 0 Å². The molecule has 156 valence electrons. The summed E-state index contributed by atoms with van der Waals surface area (Å²) in [7, 11) is 1.63. The number of methoxy groups -OCH3 is 1. The van der Waals surface area contributed by atoms with Gasteiger partial charge in [0.1, 0.15) is 11.6 Å². The molecule has 4 aromatic rings. The number of hydrogen-bond acceptors (Lipinski definition) is 5. The molecule has 0 radical (unpaired) electrons. The van der Waals surface area contributed by atoms with Crippen LogP contribution in [0.4, 0.5) is 0 Å². The van der Waals surface area contributed by atoms with E-state index in [2.05, 4.69) is 20.4 Å². The monoisotopic (exact) mass is 413 g/mol. The quantitative estimate of drug-likeness (QED) is 0.500. The standard InChI is InChI=1S/C24H23N5O2/c1-17-27-23(19-6-8-22(31-2)9-7-19)29(28-17)21-5-3-4-20(16-21)24(30)26-15-12-18-10-13-25-14-11-18/h3-11,13-14,16H,12,15H2,1-2H3,(H,26,30). The fraction of sp³-hybridized carbons (Fsp3) is 0.167. The Bertz CT molecular complexity index is 1170. The molecule has 31 heavy (non-hydrogen) atoms. The van der Waals surface area contributed by atoms with Gasteiger partial charge in [0.05, 0.1) is 12.8 Å². The first kappa shape index (κ1) is 20.3. The van der Waals surface area contributed by atoms with Gasteiger partial charge in [-0.05, 0) is 73.5 Å². The number of nitrogens with one attached hydrogen (secondary N) is 1.